The maximum atomic E-state index is 12.7. The van der Waals surface area contributed by atoms with E-state index in [1.165, 1.54) is 0 Å². The van der Waals surface area contributed by atoms with Gasteiger partial charge in [0.05, 0.1) is 5.41 Å². The molecule has 0 heterocycles. The summed E-state index contributed by atoms with van der Waals surface area (Å²) in [6, 6.07) is 0. The standard InChI is InChI=1S/C21H41N5O3/c1-8-14-26(19(28)29-20(2,3)4)15-13-23-18(22-5)24-16-21(11-9-10-12-21)17(27)25(6)7/h8-16H2,1-7H3,(H2,22,23,24). The fourth-order valence-electron chi connectivity index (χ4n) is 3.67. The molecule has 0 spiro atoms. The van der Waals surface area contributed by atoms with Crippen molar-refractivity contribution in [3.8, 4) is 0 Å². The number of carbonyl (C=O) groups is 2. The molecule has 2 amide bonds. The first kappa shape index (κ1) is 25.0. The van der Waals surface area contributed by atoms with Crippen molar-refractivity contribution in [2.75, 3.05) is 47.3 Å². The minimum absolute atomic E-state index is 0.178. The number of rotatable bonds is 8. The largest absolute Gasteiger partial charge is 0.444 e. The van der Waals surface area contributed by atoms with E-state index in [0.29, 0.717) is 32.1 Å². The van der Waals surface area contributed by atoms with Gasteiger partial charge < -0.3 is 25.2 Å². The summed E-state index contributed by atoms with van der Waals surface area (Å²) in [7, 11) is 5.34. The average molecular weight is 412 g/mol. The Bertz CT molecular complexity index is 563. The number of guanidine groups is 1. The molecule has 1 fully saturated rings. The molecule has 0 saturated heterocycles. The molecule has 29 heavy (non-hydrogen) atoms. The molecule has 1 aliphatic carbocycles. The lowest BCUT2D eigenvalue weighted by molar-refractivity contribution is -0.138. The predicted octanol–water partition coefficient (Wildman–Crippen LogP) is 2.45. The highest BCUT2D eigenvalue weighted by Gasteiger charge is 2.42. The average Bonchev–Trinajstić information content (AvgIpc) is 3.11. The van der Waals surface area contributed by atoms with Gasteiger partial charge in [0, 0.05) is 47.3 Å². The Balaban J connectivity index is 2.58. The number of hydrogen-bond acceptors (Lipinski definition) is 4. The quantitative estimate of drug-likeness (QED) is 0.473. The molecular formula is C21H41N5O3. The van der Waals surface area contributed by atoms with Crippen LogP contribution in [0, 0.1) is 5.41 Å². The molecule has 0 aromatic heterocycles. The Hall–Kier alpha value is -1.99. The molecule has 2 N–H and O–H groups in total. The molecule has 1 aliphatic rings. The van der Waals surface area contributed by atoms with E-state index >= 15 is 0 Å². The van der Waals surface area contributed by atoms with Crippen molar-refractivity contribution >= 4 is 18.0 Å². The number of ether oxygens (including phenoxy) is 1. The molecular weight excluding hydrogens is 370 g/mol. The van der Waals surface area contributed by atoms with Gasteiger partial charge in [0.1, 0.15) is 5.60 Å². The summed E-state index contributed by atoms with van der Waals surface area (Å²) in [5.74, 6) is 0.820. The van der Waals surface area contributed by atoms with Crippen molar-refractivity contribution in [2.24, 2.45) is 10.4 Å². The summed E-state index contributed by atoms with van der Waals surface area (Å²) >= 11 is 0. The smallest absolute Gasteiger partial charge is 0.410 e. The van der Waals surface area contributed by atoms with Crippen molar-refractivity contribution in [2.45, 2.75) is 65.4 Å². The topological polar surface area (TPSA) is 86.3 Å². The zero-order valence-corrected chi connectivity index (χ0v) is 19.4. The van der Waals surface area contributed by atoms with E-state index in [1.807, 2.05) is 41.8 Å². The van der Waals surface area contributed by atoms with Crippen LogP contribution in [-0.4, -0.2) is 80.7 Å². The third-order valence-electron chi connectivity index (χ3n) is 5.06. The first-order chi connectivity index (χ1) is 13.5. The zero-order valence-electron chi connectivity index (χ0n) is 19.4. The molecule has 8 nitrogen and oxygen atoms in total. The van der Waals surface area contributed by atoms with E-state index in [1.54, 1.807) is 16.8 Å². The van der Waals surface area contributed by atoms with Crippen LogP contribution < -0.4 is 10.6 Å². The van der Waals surface area contributed by atoms with Crippen molar-refractivity contribution in [1.29, 1.82) is 0 Å². The number of amides is 2. The zero-order chi connectivity index (χ0) is 22.1. The van der Waals surface area contributed by atoms with Crippen molar-refractivity contribution in [3.05, 3.63) is 0 Å². The second kappa shape index (κ2) is 11.3. The first-order valence-corrected chi connectivity index (χ1v) is 10.7. The van der Waals surface area contributed by atoms with Gasteiger partial charge in [-0.15, -0.1) is 0 Å². The van der Waals surface area contributed by atoms with Crippen LogP contribution in [-0.2, 0) is 9.53 Å². The Kier molecular flexibility index (Phi) is 9.73. The molecule has 1 rings (SSSR count). The number of nitrogens with zero attached hydrogens (tertiary/aromatic N) is 3. The van der Waals surface area contributed by atoms with Gasteiger partial charge in [0.15, 0.2) is 5.96 Å². The second-order valence-electron chi connectivity index (χ2n) is 9.01. The molecule has 0 unspecified atom stereocenters. The number of hydrogen-bond donors (Lipinski definition) is 2. The van der Waals surface area contributed by atoms with Crippen molar-refractivity contribution < 1.29 is 14.3 Å². The van der Waals surface area contributed by atoms with E-state index in [0.717, 1.165) is 32.1 Å². The van der Waals surface area contributed by atoms with Gasteiger partial charge in [-0.05, 0) is 40.0 Å². The van der Waals surface area contributed by atoms with Crippen LogP contribution in [0.25, 0.3) is 0 Å². The van der Waals surface area contributed by atoms with Crippen LogP contribution in [0.3, 0.4) is 0 Å². The third-order valence-corrected chi connectivity index (χ3v) is 5.06. The summed E-state index contributed by atoms with van der Waals surface area (Å²) in [6.07, 6.45) is 4.52. The number of nitrogens with one attached hydrogen (secondary N) is 2. The van der Waals surface area contributed by atoms with Gasteiger partial charge in [0.2, 0.25) is 5.91 Å². The molecule has 0 radical (unpaired) electrons. The highest BCUT2D eigenvalue weighted by Crippen LogP contribution is 2.38. The molecule has 0 aromatic rings. The molecule has 8 heteroatoms. The van der Waals surface area contributed by atoms with E-state index in [9.17, 15) is 9.59 Å². The van der Waals surface area contributed by atoms with Gasteiger partial charge >= 0.3 is 6.09 Å². The van der Waals surface area contributed by atoms with Gasteiger partial charge in [0.25, 0.3) is 0 Å². The van der Waals surface area contributed by atoms with Crippen LogP contribution in [0.15, 0.2) is 4.99 Å². The third kappa shape index (κ3) is 8.11. The first-order valence-electron chi connectivity index (χ1n) is 10.7. The minimum atomic E-state index is -0.511. The lowest BCUT2D eigenvalue weighted by Gasteiger charge is -2.31. The molecule has 0 atom stereocenters. The van der Waals surface area contributed by atoms with Gasteiger partial charge in [-0.1, -0.05) is 19.8 Å². The monoisotopic (exact) mass is 411 g/mol. The summed E-state index contributed by atoms with van der Waals surface area (Å²) in [5, 5.41) is 6.57. The summed E-state index contributed by atoms with van der Waals surface area (Å²) in [6.45, 7) is 9.91. The Labute approximate surface area is 176 Å². The van der Waals surface area contributed by atoms with Crippen LogP contribution in [0.2, 0.25) is 0 Å². The van der Waals surface area contributed by atoms with E-state index in [4.69, 9.17) is 4.74 Å². The maximum absolute atomic E-state index is 12.7. The predicted molar refractivity (Wildman–Crippen MR) is 117 cm³/mol. The Morgan fingerprint density at radius 1 is 1.10 bits per heavy atom. The molecule has 0 aliphatic heterocycles. The summed E-state index contributed by atoms with van der Waals surface area (Å²) < 4.78 is 5.48. The lowest BCUT2D eigenvalue weighted by atomic mass is 9.84. The Morgan fingerprint density at radius 2 is 1.72 bits per heavy atom. The van der Waals surface area contributed by atoms with Crippen LogP contribution in [0.5, 0.6) is 0 Å². The van der Waals surface area contributed by atoms with E-state index in [2.05, 4.69) is 15.6 Å². The fourth-order valence-corrected chi connectivity index (χ4v) is 3.67. The molecule has 0 aromatic carbocycles. The highest BCUT2D eigenvalue weighted by molar-refractivity contribution is 5.85. The van der Waals surface area contributed by atoms with Gasteiger partial charge in [-0.25, -0.2) is 4.79 Å². The fraction of sp³-hybridized carbons (Fsp3) is 0.857. The molecule has 168 valence electrons. The van der Waals surface area contributed by atoms with Crippen LogP contribution in [0.1, 0.15) is 59.8 Å². The second-order valence-corrected chi connectivity index (χ2v) is 9.01. The maximum Gasteiger partial charge on any atom is 0.410 e. The van der Waals surface area contributed by atoms with Crippen molar-refractivity contribution in [3.63, 3.8) is 0 Å². The lowest BCUT2D eigenvalue weighted by Crippen LogP contribution is -2.50. The number of aliphatic imine (C=N–C) groups is 1. The van der Waals surface area contributed by atoms with E-state index in [-0.39, 0.29) is 17.4 Å². The SMILES string of the molecule is CCCN(CCNC(=NC)NCC1(C(=O)N(C)C)CCCC1)C(=O)OC(C)(C)C. The van der Waals surface area contributed by atoms with Gasteiger partial charge in [-0.2, -0.15) is 0 Å². The van der Waals surface area contributed by atoms with Crippen molar-refractivity contribution in [1.82, 2.24) is 20.4 Å². The van der Waals surface area contributed by atoms with Crippen LogP contribution >= 0.6 is 0 Å². The molecule has 0 bridgehead atoms. The Morgan fingerprint density at radius 3 is 2.21 bits per heavy atom. The van der Waals surface area contributed by atoms with E-state index < -0.39 is 5.60 Å². The van der Waals surface area contributed by atoms with Crippen LogP contribution in [0.4, 0.5) is 4.79 Å². The van der Waals surface area contributed by atoms with Gasteiger partial charge in [-0.3, -0.25) is 9.79 Å². The highest BCUT2D eigenvalue weighted by atomic mass is 16.6. The summed E-state index contributed by atoms with van der Waals surface area (Å²) in [5.41, 5.74) is -0.867. The minimum Gasteiger partial charge on any atom is -0.444 e. The molecule has 1 saturated carbocycles. The summed E-state index contributed by atoms with van der Waals surface area (Å²) in [4.78, 5) is 32.7. The number of carbonyl (C=O) groups excluding carboxylic acids is 2. The normalized spacial score (nSPS) is 16.3.